The highest BCUT2D eigenvalue weighted by molar-refractivity contribution is 6.30. The molecule has 8 heteroatoms. The van der Waals surface area contributed by atoms with Crippen molar-refractivity contribution >= 4 is 35.1 Å². The Hall–Kier alpha value is -3.06. The van der Waals surface area contributed by atoms with Gasteiger partial charge in [-0.2, -0.15) is 0 Å². The smallest absolute Gasteiger partial charge is 0.347 e. The highest BCUT2D eigenvalue weighted by Gasteiger charge is 2.18. The molecule has 0 aliphatic rings. The van der Waals surface area contributed by atoms with Gasteiger partial charge in [0.15, 0.2) is 12.7 Å². The fourth-order valence-corrected chi connectivity index (χ4v) is 2.38. The van der Waals surface area contributed by atoms with Gasteiger partial charge >= 0.3 is 5.97 Å². The Morgan fingerprint density at radius 3 is 2.39 bits per heavy atom. The minimum Gasteiger partial charge on any atom is -0.479 e. The Bertz CT molecular complexity index is 852. The van der Waals surface area contributed by atoms with Crippen molar-refractivity contribution < 1.29 is 23.9 Å². The summed E-state index contributed by atoms with van der Waals surface area (Å²) in [6.07, 6.45) is -0.900. The van der Waals surface area contributed by atoms with E-state index in [4.69, 9.17) is 21.1 Å². The van der Waals surface area contributed by atoms with E-state index in [2.05, 4.69) is 5.32 Å². The lowest BCUT2D eigenvalue weighted by molar-refractivity contribution is -0.153. The molecule has 1 atom stereocenters. The van der Waals surface area contributed by atoms with E-state index in [0.717, 1.165) is 0 Å². The molecule has 2 aromatic carbocycles. The summed E-state index contributed by atoms with van der Waals surface area (Å²) in [4.78, 5) is 37.2. The normalized spacial score (nSPS) is 11.3. The summed E-state index contributed by atoms with van der Waals surface area (Å²) in [6, 6.07) is 13.0. The number of carbonyl (C=O) groups excluding carboxylic acids is 3. The zero-order chi connectivity index (χ0) is 20.7. The summed E-state index contributed by atoms with van der Waals surface area (Å²) < 4.78 is 10.4. The fourth-order valence-electron chi connectivity index (χ4n) is 2.20. The maximum Gasteiger partial charge on any atom is 0.347 e. The standard InChI is InChI=1S/C20H21ClN2O5/c1-13(28-17-6-4-5-15(21)11-17)20(26)27-12-18(24)22-16-9-7-14(8-10-16)19(25)23(2)3/h4-11,13H,12H2,1-3H3,(H,22,24). The van der Waals surface area contributed by atoms with Gasteiger partial charge in [-0.25, -0.2) is 4.79 Å². The molecule has 1 unspecified atom stereocenters. The molecule has 0 fully saturated rings. The topological polar surface area (TPSA) is 84.9 Å². The summed E-state index contributed by atoms with van der Waals surface area (Å²) in [7, 11) is 3.31. The first-order valence-electron chi connectivity index (χ1n) is 8.46. The number of nitrogens with one attached hydrogen (secondary N) is 1. The second kappa shape index (κ2) is 9.75. The van der Waals surface area contributed by atoms with Gasteiger partial charge < -0.3 is 19.7 Å². The van der Waals surface area contributed by atoms with Gasteiger partial charge in [0.25, 0.3) is 11.8 Å². The Kier molecular flexibility index (Phi) is 7.40. The number of carbonyl (C=O) groups is 3. The third-order valence-corrected chi connectivity index (χ3v) is 3.84. The number of ether oxygens (including phenoxy) is 2. The van der Waals surface area contributed by atoms with Crippen molar-refractivity contribution in [3.8, 4) is 5.75 Å². The van der Waals surface area contributed by atoms with Crippen molar-refractivity contribution in [2.45, 2.75) is 13.0 Å². The zero-order valence-electron chi connectivity index (χ0n) is 15.8. The molecule has 28 heavy (non-hydrogen) atoms. The third kappa shape index (κ3) is 6.28. The van der Waals surface area contributed by atoms with Crippen LogP contribution in [0.2, 0.25) is 5.02 Å². The predicted octanol–water partition coefficient (Wildman–Crippen LogP) is 2.99. The predicted molar refractivity (Wildman–Crippen MR) is 106 cm³/mol. The highest BCUT2D eigenvalue weighted by atomic mass is 35.5. The molecule has 7 nitrogen and oxygen atoms in total. The van der Waals surface area contributed by atoms with Crippen LogP contribution in [0.1, 0.15) is 17.3 Å². The molecule has 0 heterocycles. The van der Waals surface area contributed by atoms with E-state index in [1.807, 2.05) is 0 Å². The van der Waals surface area contributed by atoms with Gasteiger partial charge in [0.2, 0.25) is 0 Å². The number of benzene rings is 2. The Morgan fingerprint density at radius 2 is 1.79 bits per heavy atom. The minimum absolute atomic E-state index is 0.138. The van der Waals surface area contributed by atoms with Gasteiger partial charge in [-0.3, -0.25) is 9.59 Å². The molecule has 2 amide bonds. The molecule has 0 aliphatic carbocycles. The van der Waals surface area contributed by atoms with Crippen LogP contribution in [-0.2, 0) is 14.3 Å². The third-order valence-electron chi connectivity index (χ3n) is 3.61. The van der Waals surface area contributed by atoms with Crippen LogP contribution in [0.4, 0.5) is 5.69 Å². The van der Waals surface area contributed by atoms with Gasteiger partial charge in [-0.15, -0.1) is 0 Å². The lowest BCUT2D eigenvalue weighted by Crippen LogP contribution is -2.29. The molecular weight excluding hydrogens is 384 g/mol. The van der Waals surface area contributed by atoms with Crippen LogP contribution < -0.4 is 10.1 Å². The summed E-state index contributed by atoms with van der Waals surface area (Å²) in [5.74, 6) is -0.897. The van der Waals surface area contributed by atoms with Crippen LogP contribution in [0.3, 0.4) is 0 Å². The molecular formula is C20H21ClN2O5. The van der Waals surface area contributed by atoms with Crippen LogP contribution in [-0.4, -0.2) is 49.5 Å². The summed E-state index contributed by atoms with van der Waals surface area (Å²) in [5, 5.41) is 3.07. The van der Waals surface area contributed by atoms with Crippen LogP contribution in [0.25, 0.3) is 0 Å². The monoisotopic (exact) mass is 404 g/mol. The molecule has 1 N–H and O–H groups in total. The minimum atomic E-state index is -0.900. The van der Waals surface area contributed by atoms with E-state index < -0.39 is 24.6 Å². The summed E-state index contributed by atoms with van der Waals surface area (Å²) >= 11 is 5.86. The van der Waals surface area contributed by atoms with Gasteiger partial charge in [0, 0.05) is 30.4 Å². The van der Waals surface area contributed by atoms with Gasteiger partial charge in [0.1, 0.15) is 5.75 Å². The van der Waals surface area contributed by atoms with Crippen LogP contribution in [0.5, 0.6) is 5.75 Å². The molecule has 0 aliphatic heterocycles. The van der Waals surface area contributed by atoms with Crippen molar-refractivity contribution in [1.29, 1.82) is 0 Å². The quantitative estimate of drug-likeness (QED) is 0.717. The van der Waals surface area contributed by atoms with E-state index in [1.165, 1.54) is 11.8 Å². The van der Waals surface area contributed by atoms with Gasteiger partial charge in [0.05, 0.1) is 0 Å². The molecule has 2 aromatic rings. The number of nitrogens with zero attached hydrogens (tertiary/aromatic N) is 1. The SMILES string of the molecule is CC(Oc1cccc(Cl)c1)C(=O)OCC(=O)Nc1ccc(C(=O)N(C)C)cc1. The van der Waals surface area contributed by atoms with Crippen molar-refractivity contribution in [3.63, 3.8) is 0 Å². The average Bonchev–Trinajstić information content (AvgIpc) is 2.66. The number of amides is 2. The molecule has 0 saturated heterocycles. The molecule has 0 aromatic heterocycles. The van der Waals surface area contributed by atoms with Crippen molar-refractivity contribution in [1.82, 2.24) is 4.90 Å². The largest absolute Gasteiger partial charge is 0.479 e. The van der Waals surface area contributed by atoms with Crippen molar-refractivity contribution in [2.75, 3.05) is 26.0 Å². The van der Waals surface area contributed by atoms with Crippen LogP contribution in [0.15, 0.2) is 48.5 Å². The second-order valence-electron chi connectivity index (χ2n) is 6.15. The van der Waals surface area contributed by atoms with E-state index in [9.17, 15) is 14.4 Å². The van der Waals surface area contributed by atoms with E-state index in [-0.39, 0.29) is 5.91 Å². The first-order chi connectivity index (χ1) is 13.3. The molecule has 0 saturated carbocycles. The fraction of sp³-hybridized carbons (Fsp3) is 0.250. The van der Waals surface area contributed by atoms with Crippen molar-refractivity contribution in [2.24, 2.45) is 0 Å². The molecule has 148 valence electrons. The van der Waals surface area contributed by atoms with Gasteiger partial charge in [-0.1, -0.05) is 17.7 Å². The summed E-state index contributed by atoms with van der Waals surface area (Å²) in [6.45, 7) is 1.06. The first kappa shape index (κ1) is 21.2. The molecule has 0 radical (unpaired) electrons. The lowest BCUT2D eigenvalue weighted by Gasteiger charge is -2.14. The molecule has 0 bridgehead atoms. The number of hydrogen-bond donors (Lipinski definition) is 1. The Balaban J connectivity index is 1.81. The number of hydrogen-bond acceptors (Lipinski definition) is 5. The van der Waals surface area contributed by atoms with Crippen LogP contribution in [0, 0.1) is 0 Å². The Morgan fingerprint density at radius 1 is 1.11 bits per heavy atom. The maximum absolute atomic E-state index is 12.0. The molecule has 0 spiro atoms. The average molecular weight is 405 g/mol. The lowest BCUT2D eigenvalue weighted by atomic mass is 10.2. The second-order valence-corrected chi connectivity index (χ2v) is 6.59. The highest BCUT2D eigenvalue weighted by Crippen LogP contribution is 2.18. The first-order valence-corrected chi connectivity index (χ1v) is 8.84. The Labute approximate surface area is 168 Å². The maximum atomic E-state index is 12.0. The molecule has 2 rings (SSSR count). The zero-order valence-corrected chi connectivity index (χ0v) is 16.5. The van der Waals surface area contributed by atoms with Crippen LogP contribution >= 0.6 is 11.6 Å². The van der Waals surface area contributed by atoms with Gasteiger partial charge in [-0.05, 0) is 49.4 Å². The summed E-state index contributed by atoms with van der Waals surface area (Å²) in [5.41, 5.74) is 0.987. The van der Waals surface area contributed by atoms with E-state index >= 15 is 0 Å². The number of esters is 1. The number of halogens is 1. The van der Waals surface area contributed by atoms with E-state index in [1.54, 1.807) is 62.6 Å². The van der Waals surface area contributed by atoms with E-state index in [0.29, 0.717) is 22.0 Å². The van der Waals surface area contributed by atoms with Crippen molar-refractivity contribution in [3.05, 3.63) is 59.1 Å². The number of anilines is 1. The number of rotatable bonds is 7.